The van der Waals surface area contributed by atoms with E-state index in [1.807, 2.05) is 6.92 Å². The summed E-state index contributed by atoms with van der Waals surface area (Å²) >= 11 is 10.7. The van der Waals surface area contributed by atoms with Crippen molar-refractivity contribution in [3.8, 4) is 5.75 Å². The Kier molecular flexibility index (Phi) is 26.1. The predicted molar refractivity (Wildman–Crippen MR) is 330 cm³/mol. The lowest BCUT2D eigenvalue weighted by atomic mass is 9.83. The second-order valence-corrected chi connectivity index (χ2v) is 24.0. The third-order valence-electron chi connectivity index (χ3n) is 15.3. The van der Waals surface area contributed by atoms with Gasteiger partial charge in [0.25, 0.3) is 5.24 Å². The molecule has 4 aliphatic heterocycles. The highest BCUT2D eigenvalue weighted by Gasteiger charge is 2.64. The van der Waals surface area contributed by atoms with Crippen molar-refractivity contribution < 1.29 is 91.3 Å². The number of thioether (sulfide) groups is 1. The molecule has 0 saturated carbocycles. The fourth-order valence-electron chi connectivity index (χ4n) is 9.63. The van der Waals surface area contributed by atoms with Gasteiger partial charge in [-0.15, -0.1) is 0 Å². The molecule has 0 aromatic heterocycles. The molecule has 9 atom stereocenters. The van der Waals surface area contributed by atoms with Gasteiger partial charge in [0.05, 0.1) is 55.2 Å². The summed E-state index contributed by atoms with van der Waals surface area (Å²) in [5.41, 5.74) is -0.924. The van der Waals surface area contributed by atoms with Gasteiger partial charge in [-0.2, -0.15) is 0 Å². The molecular formula is C59H78BrClN8O19S. The van der Waals surface area contributed by atoms with Gasteiger partial charge in [-0.3, -0.25) is 34.6 Å². The van der Waals surface area contributed by atoms with Crippen LogP contribution >= 0.6 is 39.3 Å². The average Bonchev–Trinajstić information content (AvgIpc) is 1.63. The Labute approximate surface area is 533 Å². The van der Waals surface area contributed by atoms with E-state index < -0.39 is 107 Å². The average molecular weight is 1350 g/mol. The van der Waals surface area contributed by atoms with Crippen LogP contribution in [0.2, 0.25) is 5.02 Å². The molecule has 0 aliphatic carbocycles. The van der Waals surface area contributed by atoms with Crippen LogP contribution in [0.15, 0.2) is 66.3 Å². The van der Waals surface area contributed by atoms with Crippen LogP contribution < -0.4 is 30.9 Å². The molecule has 2 saturated heterocycles. The third-order valence-corrected chi connectivity index (χ3v) is 17.1. The Morgan fingerprint density at radius 2 is 1.73 bits per heavy atom. The molecule has 6 rings (SSSR count). The molecule has 2 aromatic carbocycles. The van der Waals surface area contributed by atoms with Crippen LogP contribution in [0.5, 0.6) is 5.75 Å². The zero-order chi connectivity index (χ0) is 65.3. The van der Waals surface area contributed by atoms with Crippen LogP contribution in [0.1, 0.15) is 64.5 Å². The standard InChI is InChI=1S/C59H78BrClN8O19S/c1-34-12-10-14-45(70)59(80)29-44(86-55(77)65-59)35(2)52-58(4,88-52)46(28-50(74)69(8)42-26-38(24-34)27-43(81-9)51(42)61)87-53(75)36(3)68(7)49(73)18-23-89-57(79)67(6)21-20-66(5)56(78)84-31-37-15-16-40(41(25-37)63-47(71)17-19-62-48(72)30-60)64-54(76)85-39-13-11-22-82-33-83-32-39/h10-16,25-27,35-36,39,44-46,52,70,80H,17-24,28-33H2,1-9H3,(H,62,72)(H,63,71)(H,64,76)(H,65,77)/b13-11+,14-10+,34-12+/t35-,36+,39?,44+,45-,46+,52+,58+,59+/m1/s1. The number of epoxide rings is 1. The van der Waals surface area contributed by atoms with Gasteiger partial charge in [-0.1, -0.05) is 82.2 Å². The summed E-state index contributed by atoms with van der Waals surface area (Å²) in [7, 11) is 7.34. The zero-order valence-electron chi connectivity index (χ0n) is 51.0. The number of ether oxygens (including phenoxy) is 8. The molecule has 89 heavy (non-hydrogen) atoms. The van der Waals surface area contributed by atoms with E-state index in [2.05, 4.69) is 37.2 Å². The van der Waals surface area contributed by atoms with Gasteiger partial charge in [0.2, 0.25) is 23.6 Å². The number of hydrogen-bond acceptors (Lipinski definition) is 20. The molecule has 0 spiro atoms. The van der Waals surface area contributed by atoms with Gasteiger partial charge < -0.3 is 78.3 Å². The highest BCUT2D eigenvalue weighted by Crippen LogP contribution is 2.49. The molecule has 4 heterocycles. The first-order chi connectivity index (χ1) is 42.2. The first kappa shape index (κ1) is 71.1. The number of anilines is 3. The topological polar surface area (TPSA) is 332 Å². The van der Waals surface area contributed by atoms with Crippen LogP contribution in [0.25, 0.3) is 0 Å². The smallest absolute Gasteiger partial charge is 0.412 e. The molecule has 4 aliphatic rings. The van der Waals surface area contributed by atoms with Crippen LogP contribution in [0.4, 0.5) is 36.2 Å². The molecule has 4 bridgehead atoms. The van der Waals surface area contributed by atoms with Gasteiger partial charge in [-0.25, -0.2) is 19.2 Å². The molecule has 30 heteroatoms. The number of hydrogen-bond donors (Lipinski definition) is 6. The number of likely N-dealkylation sites (N-methyl/N-ethyl adjacent to an activating group) is 3. The van der Waals surface area contributed by atoms with Crippen LogP contribution in [0.3, 0.4) is 0 Å². The maximum absolute atomic E-state index is 14.4. The fourth-order valence-corrected chi connectivity index (χ4v) is 10.9. The number of rotatable bonds is 19. The van der Waals surface area contributed by atoms with E-state index in [-0.39, 0.29) is 98.9 Å². The summed E-state index contributed by atoms with van der Waals surface area (Å²) in [5, 5.41) is 32.8. The van der Waals surface area contributed by atoms with E-state index in [0.717, 1.165) is 22.2 Å². The van der Waals surface area contributed by atoms with Crippen molar-refractivity contribution in [3.63, 3.8) is 0 Å². The van der Waals surface area contributed by atoms with Gasteiger partial charge >= 0.3 is 24.2 Å². The van der Waals surface area contributed by atoms with Crippen LogP contribution in [-0.4, -0.2) is 212 Å². The van der Waals surface area contributed by atoms with Gasteiger partial charge in [0, 0.05) is 78.8 Å². The number of nitrogens with one attached hydrogen (secondary N) is 4. The van der Waals surface area contributed by atoms with Crippen molar-refractivity contribution in [2.24, 2.45) is 5.92 Å². The number of allylic oxidation sites excluding steroid dienone is 3. The molecule has 27 nitrogen and oxygen atoms in total. The third kappa shape index (κ3) is 20.0. The number of fused-ring (bicyclic) bond motifs is 5. The first-order valence-corrected chi connectivity index (χ1v) is 31.0. The number of benzene rings is 2. The van der Waals surface area contributed by atoms with Crippen molar-refractivity contribution in [1.82, 2.24) is 25.3 Å². The summed E-state index contributed by atoms with van der Waals surface area (Å²) in [6.45, 7) is 6.87. The van der Waals surface area contributed by atoms with Crippen molar-refractivity contribution >= 4 is 109 Å². The number of aliphatic hydroxyl groups excluding tert-OH is 1. The normalized spacial score (nSPS) is 25.2. The van der Waals surface area contributed by atoms with Gasteiger partial charge in [-0.05, 0) is 68.7 Å². The quantitative estimate of drug-likeness (QED) is 0.0327. The van der Waals surface area contributed by atoms with E-state index in [9.17, 15) is 53.4 Å². The summed E-state index contributed by atoms with van der Waals surface area (Å²) in [6.07, 6.45) is -0.637. The molecule has 6 N–H and O–H groups in total. The van der Waals surface area contributed by atoms with E-state index in [0.29, 0.717) is 29.0 Å². The summed E-state index contributed by atoms with van der Waals surface area (Å²) in [4.78, 5) is 124. The number of halogens is 2. The maximum Gasteiger partial charge on any atom is 0.412 e. The monoisotopic (exact) mass is 1350 g/mol. The van der Waals surface area contributed by atoms with E-state index in [1.54, 1.807) is 56.4 Å². The molecule has 0 radical (unpaired) electrons. The van der Waals surface area contributed by atoms with Gasteiger partial charge in [0.1, 0.15) is 60.2 Å². The van der Waals surface area contributed by atoms with Gasteiger partial charge in [0.15, 0.2) is 5.72 Å². The first-order valence-electron chi connectivity index (χ1n) is 28.5. The Morgan fingerprint density at radius 1 is 0.989 bits per heavy atom. The second-order valence-electron chi connectivity index (χ2n) is 22.0. The minimum Gasteiger partial charge on any atom is -0.495 e. The number of methoxy groups -OCH3 is 1. The molecule has 8 amide bonds. The number of esters is 1. The summed E-state index contributed by atoms with van der Waals surface area (Å²) < 4.78 is 45.1. The van der Waals surface area contributed by atoms with Crippen molar-refractivity contribution in [3.05, 3.63) is 82.4 Å². The second kappa shape index (κ2) is 32.7. The largest absolute Gasteiger partial charge is 0.495 e. The van der Waals surface area contributed by atoms with E-state index >= 15 is 0 Å². The highest BCUT2D eigenvalue weighted by molar-refractivity contribution is 9.09. The molecule has 488 valence electrons. The number of carbonyl (C=O) groups is 9. The number of aliphatic hydroxyl groups is 2. The number of alkyl halides is 1. The minimum atomic E-state index is -2.14. The fraction of sp³-hybridized carbons (Fsp3) is 0.542. The van der Waals surface area contributed by atoms with Crippen molar-refractivity contribution in [2.75, 3.05) is 102 Å². The molecular weight excluding hydrogens is 1270 g/mol. The zero-order valence-corrected chi connectivity index (χ0v) is 54.2. The lowest BCUT2D eigenvalue weighted by Gasteiger charge is -2.41. The Balaban J connectivity index is 1.03. The number of nitrogens with zero attached hydrogens (tertiary/aromatic N) is 4. The molecule has 1 unspecified atom stereocenters. The molecule has 2 fully saturated rings. The number of alkyl carbamates (subject to hydrolysis) is 1. The summed E-state index contributed by atoms with van der Waals surface area (Å²) in [6, 6.07) is 6.79. The predicted octanol–water partition coefficient (Wildman–Crippen LogP) is 5.62. The van der Waals surface area contributed by atoms with Crippen LogP contribution in [0, 0.1) is 5.92 Å². The van der Waals surface area contributed by atoms with E-state index in [1.165, 1.54) is 75.1 Å². The van der Waals surface area contributed by atoms with Crippen molar-refractivity contribution in [1.29, 1.82) is 0 Å². The van der Waals surface area contributed by atoms with Crippen LogP contribution in [-0.2, 0) is 70.2 Å². The van der Waals surface area contributed by atoms with E-state index in [4.69, 9.17) is 49.5 Å². The minimum absolute atomic E-state index is 0.0172. The highest BCUT2D eigenvalue weighted by atomic mass is 79.9. The SMILES string of the molecule is COc1cc2cc(c1Cl)N(C)C(=O)C[C@H](OC(=O)[C@H](C)N(C)C(=O)CCSC(=O)N(C)CCN(C)C(=O)OCc1ccc(NC(=O)OC3/C=C/COCOC3)c(NC(=O)CCNC(=O)CBr)c1)[C@]1(C)O[C@H]1[C@H](C)[C@@H]1C[C@@](O)(NC(=O)O1)[C@H](O)/C=C/C=C(\C)C2. The maximum atomic E-state index is 14.4. The molecule has 2 aromatic rings. The van der Waals surface area contributed by atoms with Crippen molar-refractivity contribution in [2.45, 2.75) is 114 Å². The number of amides is 8. The number of carbonyl (C=O) groups excluding carboxylic acids is 9. The lowest BCUT2D eigenvalue weighted by Crippen LogP contribution is -2.63. The lowest BCUT2D eigenvalue weighted by molar-refractivity contribution is -0.162. The summed E-state index contributed by atoms with van der Waals surface area (Å²) in [5.74, 6) is -3.10. The Morgan fingerprint density at radius 3 is 2.46 bits per heavy atom. The Hall–Kier alpha value is -6.99. The Bertz CT molecular complexity index is 3030.